The number of nitrogens with one attached hydrogen (secondary N) is 1. The summed E-state index contributed by atoms with van der Waals surface area (Å²) in [6.45, 7) is 2.98. The lowest BCUT2D eigenvalue weighted by atomic mass is 10.0. The van der Waals surface area contributed by atoms with Crippen molar-refractivity contribution in [2.45, 2.75) is 13.0 Å². The van der Waals surface area contributed by atoms with Crippen LogP contribution in [0.3, 0.4) is 0 Å². The Morgan fingerprint density at radius 1 is 1.41 bits per heavy atom. The standard InChI is InChI=1S/C13H13ClINO/c1-2-16-13(9-5-6-17-8-9)11-7-10(14)3-4-12(11)15/h3-8,13,16H,2H2,1H3. The van der Waals surface area contributed by atoms with Crippen LogP contribution in [0.15, 0.2) is 41.2 Å². The van der Waals surface area contributed by atoms with Gasteiger partial charge in [-0.15, -0.1) is 0 Å². The zero-order valence-electron chi connectivity index (χ0n) is 9.41. The highest BCUT2D eigenvalue weighted by molar-refractivity contribution is 14.1. The average molecular weight is 362 g/mol. The van der Waals surface area contributed by atoms with E-state index in [1.807, 2.05) is 24.3 Å². The Labute approximate surface area is 119 Å². The first kappa shape index (κ1) is 12.9. The van der Waals surface area contributed by atoms with Crippen molar-refractivity contribution in [3.8, 4) is 0 Å². The molecule has 0 spiro atoms. The van der Waals surface area contributed by atoms with Gasteiger partial charge in [0.05, 0.1) is 18.6 Å². The second-order valence-corrected chi connectivity index (χ2v) is 5.31. The molecule has 2 aromatic rings. The molecule has 1 atom stereocenters. The minimum atomic E-state index is 0.129. The predicted octanol–water partition coefficient (Wildman–Crippen LogP) is 4.24. The normalized spacial score (nSPS) is 12.6. The predicted molar refractivity (Wildman–Crippen MR) is 78.4 cm³/mol. The van der Waals surface area contributed by atoms with Crippen molar-refractivity contribution in [3.05, 3.63) is 56.5 Å². The molecule has 1 unspecified atom stereocenters. The fourth-order valence-corrected chi connectivity index (χ4v) is 2.61. The summed E-state index contributed by atoms with van der Waals surface area (Å²) in [6, 6.07) is 8.05. The quantitative estimate of drug-likeness (QED) is 0.824. The molecule has 2 rings (SSSR count). The van der Waals surface area contributed by atoms with Gasteiger partial charge in [0, 0.05) is 14.2 Å². The Balaban J connectivity index is 2.42. The second kappa shape index (κ2) is 5.89. The summed E-state index contributed by atoms with van der Waals surface area (Å²) in [5.74, 6) is 0. The first-order valence-corrected chi connectivity index (χ1v) is 6.88. The van der Waals surface area contributed by atoms with Crippen LogP contribution in [0.4, 0.5) is 0 Å². The molecule has 0 amide bonds. The molecule has 1 N–H and O–H groups in total. The molecule has 90 valence electrons. The third-order valence-electron chi connectivity index (χ3n) is 2.55. The van der Waals surface area contributed by atoms with Gasteiger partial charge in [-0.3, -0.25) is 0 Å². The molecular formula is C13H13ClINO. The van der Waals surface area contributed by atoms with E-state index in [9.17, 15) is 0 Å². The molecule has 2 nitrogen and oxygen atoms in total. The van der Waals surface area contributed by atoms with E-state index >= 15 is 0 Å². The molecule has 1 heterocycles. The van der Waals surface area contributed by atoms with Gasteiger partial charge in [0.2, 0.25) is 0 Å². The molecule has 0 aliphatic heterocycles. The van der Waals surface area contributed by atoms with Gasteiger partial charge in [-0.1, -0.05) is 18.5 Å². The molecule has 0 radical (unpaired) electrons. The third kappa shape index (κ3) is 3.03. The van der Waals surface area contributed by atoms with Gasteiger partial charge >= 0.3 is 0 Å². The van der Waals surface area contributed by atoms with Gasteiger partial charge in [-0.2, -0.15) is 0 Å². The monoisotopic (exact) mass is 361 g/mol. The molecule has 17 heavy (non-hydrogen) atoms. The fourth-order valence-electron chi connectivity index (χ4n) is 1.79. The second-order valence-electron chi connectivity index (χ2n) is 3.71. The number of rotatable bonds is 4. The molecule has 0 saturated heterocycles. The van der Waals surface area contributed by atoms with Gasteiger partial charge in [0.25, 0.3) is 0 Å². The topological polar surface area (TPSA) is 25.2 Å². The Bertz CT molecular complexity index is 484. The Hall–Kier alpha value is -0.520. The first-order valence-electron chi connectivity index (χ1n) is 5.42. The maximum Gasteiger partial charge on any atom is 0.0953 e. The zero-order chi connectivity index (χ0) is 12.3. The summed E-state index contributed by atoms with van der Waals surface area (Å²) in [4.78, 5) is 0. The van der Waals surface area contributed by atoms with E-state index in [2.05, 4.69) is 34.8 Å². The Kier molecular flexibility index (Phi) is 4.48. The van der Waals surface area contributed by atoms with Crippen LogP contribution in [0.2, 0.25) is 5.02 Å². The van der Waals surface area contributed by atoms with Crippen LogP contribution in [0.25, 0.3) is 0 Å². The fraction of sp³-hybridized carbons (Fsp3) is 0.231. The van der Waals surface area contributed by atoms with Crippen LogP contribution in [-0.2, 0) is 0 Å². The van der Waals surface area contributed by atoms with Crippen LogP contribution in [0.1, 0.15) is 24.1 Å². The molecule has 0 bridgehead atoms. The molecule has 0 aliphatic rings. The lowest BCUT2D eigenvalue weighted by Gasteiger charge is -2.18. The molecule has 4 heteroatoms. The molecule has 1 aromatic heterocycles. The van der Waals surface area contributed by atoms with Crippen molar-refractivity contribution < 1.29 is 4.42 Å². The first-order chi connectivity index (χ1) is 8.22. The smallest absolute Gasteiger partial charge is 0.0953 e. The van der Waals surface area contributed by atoms with Gasteiger partial charge in [-0.25, -0.2) is 0 Å². The molecule has 0 fully saturated rings. The maximum absolute atomic E-state index is 6.07. The average Bonchev–Trinajstić information content (AvgIpc) is 2.83. The van der Waals surface area contributed by atoms with E-state index in [0.29, 0.717) is 0 Å². The van der Waals surface area contributed by atoms with Crippen LogP contribution in [0.5, 0.6) is 0 Å². The third-order valence-corrected chi connectivity index (χ3v) is 3.77. The number of benzene rings is 1. The summed E-state index contributed by atoms with van der Waals surface area (Å²) in [5.41, 5.74) is 2.30. The van der Waals surface area contributed by atoms with Crippen LogP contribution < -0.4 is 5.32 Å². The minimum Gasteiger partial charge on any atom is -0.472 e. The van der Waals surface area contributed by atoms with Crippen molar-refractivity contribution in [3.63, 3.8) is 0 Å². The number of hydrogen-bond acceptors (Lipinski definition) is 2. The van der Waals surface area contributed by atoms with Crippen molar-refractivity contribution in [1.29, 1.82) is 0 Å². The van der Waals surface area contributed by atoms with Crippen LogP contribution in [0, 0.1) is 3.57 Å². The van der Waals surface area contributed by atoms with Gasteiger partial charge in [0.15, 0.2) is 0 Å². The lowest BCUT2D eigenvalue weighted by Crippen LogP contribution is -2.22. The zero-order valence-corrected chi connectivity index (χ0v) is 12.3. The van der Waals surface area contributed by atoms with Gasteiger partial charge in [0.1, 0.15) is 0 Å². The summed E-state index contributed by atoms with van der Waals surface area (Å²) >= 11 is 8.40. The Morgan fingerprint density at radius 3 is 2.88 bits per heavy atom. The molecular weight excluding hydrogens is 349 g/mol. The summed E-state index contributed by atoms with van der Waals surface area (Å²) in [7, 11) is 0. The van der Waals surface area contributed by atoms with E-state index < -0.39 is 0 Å². The number of furan rings is 1. The van der Waals surface area contributed by atoms with E-state index in [0.717, 1.165) is 17.1 Å². The van der Waals surface area contributed by atoms with Crippen molar-refractivity contribution in [2.24, 2.45) is 0 Å². The highest BCUT2D eigenvalue weighted by Gasteiger charge is 2.17. The van der Waals surface area contributed by atoms with E-state index in [-0.39, 0.29) is 6.04 Å². The van der Waals surface area contributed by atoms with Crippen molar-refractivity contribution >= 4 is 34.2 Å². The van der Waals surface area contributed by atoms with Crippen molar-refractivity contribution in [1.82, 2.24) is 5.32 Å². The Morgan fingerprint density at radius 2 is 2.24 bits per heavy atom. The summed E-state index contributed by atoms with van der Waals surface area (Å²) < 4.78 is 6.35. The molecule has 0 aliphatic carbocycles. The van der Waals surface area contributed by atoms with E-state index in [4.69, 9.17) is 16.0 Å². The van der Waals surface area contributed by atoms with Crippen LogP contribution >= 0.6 is 34.2 Å². The van der Waals surface area contributed by atoms with Crippen molar-refractivity contribution in [2.75, 3.05) is 6.54 Å². The van der Waals surface area contributed by atoms with Gasteiger partial charge < -0.3 is 9.73 Å². The highest BCUT2D eigenvalue weighted by Crippen LogP contribution is 2.28. The van der Waals surface area contributed by atoms with Gasteiger partial charge in [-0.05, 0) is 59.0 Å². The number of halogens is 2. The maximum atomic E-state index is 6.07. The number of hydrogen-bond donors (Lipinski definition) is 1. The largest absolute Gasteiger partial charge is 0.472 e. The van der Waals surface area contributed by atoms with E-state index in [1.54, 1.807) is 12.5 Å². The SMILES string of the molecule is CCNC(c1ccoc1)c1cc(Cl)ccc1I. The summed E-state index contributed by atoms with van der Waals surface area (Å²) in [5, 5.41) is 4.20. The highest BCUT2D eigenvalue weighted by atomic mass is 127. The minimum absolute atomic E-state index is 0.129. The molecule has 1 aromatic carbocycles. The molecule has 0 saturated carbocycles. The van der Waals surface area contributed by atoms with E-state index in [1.165, 1.54) is 9.13 Å². The van der Waals surface area contributed by atoms with Crippen LogP contribution in [-0.4, -0.2) is 6.54 Å². The summed E-state index contributed by atoms with van der Waals surface area (Å²) in [6.07, 6.45) is 3.46. The lowest BCUT2D eigenvalue weighted by molar-refractivity contribution is 0.552.